The summed E-state index contributed by atoms with van der Waals surface area (Å²) in [4.78, 5) is 76.9. The normalized spacial score (nSPS) is 22.0. The monoisotopic (exact) mass is 790 g/mol. The Bertz CT molecular complexity index is 1920. The van der Waals surface area contributed by atoms with Gasteiger partial charge in [0.2, 0.25) is 11.5 Å². The van der Waals surface area contributed by atoms with Crippen LogP contribution < -0.4 is 10.8 Å². The van der Waals surface area contributed by atoms with Crippen LogP contribution in [0.25, 0.3) is 0 Å². The Labute approximate surface area is 317 Å². The SMILES string of the molecule is CC(C)(O/N=C(\C(=O)C[C@@H]1C(=O)N2C(C(=O)[O-])=C(C[N+]3(C4CCN(C(=O)c5ccc(O)c(O)c5Cl)CC4)CCCC3)CS[C@H]12)c1csc(N)n1)C(=O)O. The molecule has 2 atom stereocenters. The van der Waals surface area contributed by atoms with Crippen molar-refractivity contribution in [3.8, 4) is 11.5 Å². The zero-order chi connectivity index (χ0) is 38.4. The second kappa shape index (κ2) is 14.8. The number of oxime groups is 1. The Kier molecular flexibility index (Phi) is 10.7. The molecule has 53 heavy (non-hydrogen) atoms. The highest BCUT2D eigenvalue weighted by molar-refractivity contribution is 8.00. The number of carboxylic acid groups (broad SMARTS) is 2. The fourth-order valence-electron chi connectivity index (χ4n) is 7.56. The number of carboxylic acids is 2. The average molecular weight is 791 g/mol. The van der Waals surface area contributed by atoms with Gasteiger partial charge in [0.15, 0.2) is 28.1 Å². The lowest BCUT2D eigenvalue weighted by Gasteiger charge is -2.52. The van der Waals surface area contributed by atoms with Gasteiger partial charge in [-0.15, -0.1) is 23.1 Å². The number of phenolic OH excluding ortho intramolecular Hbond substituents is 2. The first-order valence-electron chi connectivity index (χ1n) is 17.0. The number of β-lactam (4-membered cyclic amide) rings is 1. The molecule has 4 aliphatic rings. The smallest absolute Gasteiger partial charge is 0.350 e. The summed E-state index contributed by atoms with van der Waals surface area (Å²) in [6, 6.07) is 2.71. The van der Waals surface area contributed by atoms with E-state index in [4.69, 9.17) is 22.2 Å². The number of likely N-dealkylation sites (tertiary alicyclic amines) is 2. The van der Waals surface area contributed by atoms with Gasteiger partial charge in [0.25, 0.3) is 5.91 Å². The Balaban J connectivity index is 1.17. The van der Waals surface area contributed by atoms with E-state index < -0.39 is 52.0 Å². The number of fused-ring (bicyclic) bond motifs is 1. The average Bonchev–Trinajstić information content (AvgIpc) is 3.78. The van der Waals surface area contributed by atoms with Crippen molar-refractivity contribution in [2.75, 3.05) is 44.2 Å². The summed E-state index contributed by atoms with van der Waals surface area (Å²) in [5.74, 6) is -5.88. The molecule has 0 aliphatic carbocycles. The number of thiazole rings is 1. The van der Waals surface area contributed by atoms with Crippen LogP contribution in [0.3, 0.4) is 0 Å². The number of aromatic nitrogens is 1. The number of benzene rings is 1. The molecule has 2 amide bonds. The standard InChI is InChI=1S/C34H39ClN6O10S2/c1-34(2,32(49)50)51-38-25(21-16-53-33(36)37-21)23(43)13-20-29(46)40-26(31(47)48)17(15-52-30(20)40)14-41(11-3-4-12-41)18-7-9-39(10-8-18)28(45)19-5-6-22(42)27(44)24(19)35/h5-6,16,18,20,30H,3-4,7-15H2,1-2H3,(H5-,36,37,38,42,43,44,45,47,48,49,50)/t20-,30-/m1/s1. The number of hydrogen-bond acceptors (Lipinski definition) is 14. The van der Waals surface area contributed by atoms with Crippen molar-refractivity contribution in [2.45, 2.75) is 63.0 Å². The summed E-state index contributed by atoms with van der Waals surface area (Å²) in [5.41, 5.74) is 4.26. The third-order valence-electron chi connectivity index (χ3n) is 10.5. The first-order valence-corrected chi connectivity index (χ1v) is 19.3. The number of halogens is 1. The minimum Gasteiger partial charge on any atom is -0.543 e. The highest BCUT2D eigenvalue weighted by Gasteiger charge is 2.54. The van der Waals surface area contributed by atoms with Crippen molar-refractivity contribution >= 4 is 75.1 Å². The number of piperidine rings is 1. The number of aliphatic carboxylic acids is 2. The molecule has 16 nitrogen and oxygen atoms in total. The van der Waals surface area contributed by atoms with Crippen LogP contribution in [-0.4, -0.2) is 125 Å². The zero-order valence-electron chi connectivity index (χ0n) is 28.9. The number of quaternary nitrogens is 1. The molecule has 0 radical (unpaired) electrons. The molecule has 2 aromatic rings. The first-order chi connectivity index (χ1) is 25.0. The van der Waals surface area contributed by atoms with E-state index in [1.807, 2.05) is 0 Å². The van der Waals surface area contributed by atoms with Gasteiger partial charge in [0.05, 0.1) is 52.7 Å². The van der Waals surface area contributed by atoms with Crippen LogP contribution in [0.2, 0.25) is 5.02 Å². The molecule has 3 saturated heterocycles. The number of nitrogens with two attached hydrogens (primary N) is 1. The lowest BCUT2D eigenvalue weighted by Crippen LogP contribution is -2.64. The molecule has 3 fully saturated rings. The Morgan fingerprint density at radius 1 is 1.17 bits per heavy atom. The van der Waals surface area contributed by atoms with Crippen LogP contribution in [0.5, 0.6) is 11.5 Å². The molecule has 1 aromatic carbocycles. The highest BCUT2D eigenvalue weighted by Crippen LogP contribution is 2.46. The van der Waals surface area contributed by atoms with E-state index in [-0.39, 0.29) is 51.2 Å². The van der Waals surface area contributed by atoms with Gasteiger partial charge in [-0.1, -0.05) is 16.8 Å². The van der Waals surface area contributed by atoms with Gasteiger partial charge in [-0.2, -0.15) is 0 Å². The molecule has 5 N–H and O–H groups in total. The van der Waals surface area contributed by atoms with Crippen molar-refractivity contribution in [2.24, 2.45) is 11.1 Å². The number of amides is 2. The zero-order valence-corrected chi connectivity index (χ0v) is 31.3. The maximum absolute atomic E-state index is 13.6. The summed E-state index contributed by atoms with van der Waals surface area (Å²) < 4.78 is 0.618. The number of carbonyl (C=O) groups excluding carboxylic acids is 4. The maximum Gasteiger partial charge on any atom is 0.350 e. The number of aromatic hydroxyl groups is 2. The second-order valence-corrected chi connectivity index (χ2v) is 16.5. The van der Waals surface area contributed by atoms with E-state index in [1.54, 1.807) is 4.90 Å². The molecule has 284 valence electrons. The van der Waals surface area contributed by atoms with Gasteiger partial charge in [-0.05, 0) is 26.0 Å². The second-order valence-electron chi connectivity index (χ2n) is 14.2. The van der Waals surface area contributed by atoms with E-state index in [9.17, 15) is 44.4 Å². The van der Waals surface area contributed by atoms with Crippen LogP contribution in [-0.2, 0) is 24.0 Å². The van der Waals surface area contributed by atoms with Crippen molar-refractivity contribution in [3.63, 3.8) is 0 Å². The summed E-state index contributed by atoms with van der Waals surface area (Å²) in [5, 5.41) is 46.5. The van der Waals surface area contributed by atoms with E-state index in [0.29, 0.717) is 48.3 Å². The molecule has 1 aromatic heterocycles. The quantitative estimate of drug-likeness (QED) is 0.0790. The largest absolute Gasteiger partial charge is 0.543 e. The number of nitrogen functional groups attached to an aromatic ring is 1. The van der Waals surface area contributed by atoms with E-state index in [1.165, 1.54) is 48.0 Å². The van der Waals surface area contributed by atoms with Gasteiger partial charge < -0.3 is 45.2 Å². The van der Waals surface area contributed by atoms with Crippen molar-refractivity contribution in [1.29, 1.82) is 0 Å². The summed E-state index contributed by atoms with van der Waals surface area (Å²) in [6.07, 6.45) is 2.83. The lowest BCUT2D eigenvalue weighted by molar-refractivity contribution is -0.937. The van der Waals surface area contributed by atoms with Crippen LogP contribution >= 0.6 is 34.7 Å². The minimum absolute atomic E-state index is 0.0644. The van der Waals surface area contributed by atoms with Gasteiger partial charge in [-0.25, -0.2) is 9.78 Å². The van der Waals surface area contributed by atoms with Gasteiger partial charge in [-0.3, -0.25) is 19.3 Å². The number of Topliss-reactive ketones (excluding diaryl/α,β-unsaturated/α-hetero) is 1. The molecule has 6 rings (SSSR count). The molecule has 5 heterocycles. The van der Waals surface area contributed by atoms with Gasteiger partial charge in [0.1, 0.15) is 12.2 Å². The Morgan fingerprint density at radius 2 is 1.85 bits per heavy atom. The molecule has 0 spiro atoms. The fraction of sp³-hybridized carbons (Fsp3) is 0.500. The molecule has 19 heteroatoms. The van der Waals surface area contributed by atoms with Crippen LogP contribution in [0.1, 0.15) is 62.0 Å². The number of nitrogens with zero attached hydrogens (tertiary/aromatic N) is 5. The molecule has 4 aliphatic heterocycles. The number of rotatable bonds is 12. The van der Waals surface area contributed by atoms with Crippen molar-refractivity contribution < 1.29 is 53.7 Å². The number of carbonyl (C=O) groups is 5. The summed E-state index contributed by atoms with van der Waals surface area (Å²) >= 11 is 8.57. The van der Waals surface area contributed by atoms with Crippen LogP contribution in [0.4, 0.5) is 5.13 Å². The van der Waals surface area contributed by atoms with E-state index >= 15 is 0 Å². The van der Waals surface area contributed by atoms with Crippen molar-refractivity contribution in [1.82, 2.24) is 14.8 Å². The first kappa shape index (κ1) is 38.3. The Hall–Kier alpha value is -4.39. The topological polar surface area (TPSA) is 236 Å². The van der Waals surface area contributed by atoms with E-state index in [2.05, 4.69) is 10.1 Å². The van der Waals surface area contributed by atoms with Gasteiger partial charge >= 0.3 is 5.97 Å². The van der Waals surface area contributed by atoms with Crippen molar-refractivity contribution in [3.05, 3.63) is 45.1 Å². The van der Waals surface area contributed by atoms with Crippen LogP contribution in [0, 0.1) is 5.92 Å². The fourth-order valence-corrected chi connectivity index (χ4v) is 9.76. The minimum atomic E-state index is -1.77. The lowest BCUT2D eigenvalue weighted by atomic mass is 9.89. The predicted molar refractivity (Wildman–Crippen MR) is 192 cm³/mol. The molecular weight excluding hydrogens is 752 g/mol. The molecular formula is C34H39ClN6O10S2. The predicted octanol–water partition coefficient (Wildman–Crippen LogP) is 1.78. The van der Waals surface area contributed by atoms with Crippen LogP contribution in [0.15, 0.2) is 33.9 Å². The number of hydrogen-bond donors (Lipinski definition) is 4. The molecule has 0 saturated carbocycles. The summed E-state index contributed by atoms with van der Waals surface area (Å²) in [6.45, 7) is 5.37. The number of phenols is 2. The molecule has 0 bridgehead atoms. The third-order valence-corrected chi connectivity index (χ3v) is 12.9. The third kappa shape index (κ3) is 7.28. The van der Waals surface area contributed by atoms with E-state index in [0.717, 1.165) is 37.3 Å². The number of thioether (sulfide) groups is 1. The number of anilines is 1. The van der Waals surface area contributed by atoms with Gasteiger partial charge in [0, 0.05) is 61.9 Å². The highest BCUT2D eigenvalue weighted by atomic mass is 35.5. The Morgan fingerprint density at radius 3 is 2.45 bits per heavy atom. The summed E-state index contributed by atoms with van der Waals surface area (Å²) in [7, 11) is 0. The number of ketones is 1. The molecule has 0 unspecified atom stereocenters. The maximum atomic E-state index is 13.6.